The van der Waals surface area contributed by atoms with Gasteiger partial charge in [0.05, 0.1) is 48.5 Å². The second-order valence-electron chi connectivity index (χ2n) is 18.5. The maximum absolute atomic E-state index is 15.5. The van der Waals surface area contributed by atoms with Crippen LogP contribution in [0.25, 0.3) is 0 Å². The van der Waals surface area contributed by atoms with Crippen LogP contribution in [0.5, 0.6) is 0 Å². The number of Topliss-reactive ketones (excluding diaryl/α,β-unsaturated/α-hetero) is 2. The number of carbonyl (C=O) groups is 5. The van der Waals surface area contributed by atoms with Gasteiger partial charge in [-0.1, -0.05) is 90.1 Å². The molecule has 2 aromatic carbocycles. The quantitative estimate of drug-likeness (QED) is 0.0380. The largest absolute Gasteiger partial charge is 0.458 e. The maximum Gasteiger partial charge on any atom is 0.408 e. The maximum atomic E-state index is 15.5. The van der Waals surface area contributed by atoms with Crippen LogP contribution in [-0.4, -0.2) is 112 Å². The van der Waals surface area contributed by atoms with Gasteiger partial charge in [0.25, 0.3) is 0 Å². The van der Waals surface area contributed by atoms with Gasteiger partial charge in [0.2, 0.25) is 0 Å². The summed E-state index contributed by atoms with van der Waals surface area (Å²) < 4.78 is 30.4. The van der Waals surface area contributed by atoms with Crippen LogP contribution in [0.4, 0.5) is 4.79 Å². The number of aldehydes is 1. The summed E-state index contributed by atoms with van der Waals surface area (Å²) in [4.78, 5) is 80.6. The number of nitrogens with one attached hydrogen (secondary N) is 1. The number of aliphatic hydroxyl groups is 2. The molecule has 15 nitrogen and oxygen atoms in total. The van der Waals surface area contributed by atoms with Crippen LogP contribution >= 0.6 is 22.6 Å². The number of nitroso groups, excluding NO2 is 1. The fourth-order valence-electron chi connectivity index (χ4n) is 9.39. The van der Waals surface area contributed by atoms with E-state index in [4.69, 9.17) is 23.7 Å². The zero-order chi connectivity index (χ0) is 45.8. The highest BCUT2D eigenvalue weighted by atomic mass is 127. The number of rotatable bonds is 18. The van der Waals surface area contributed by atoms with E-state index < -0.39 is 94.5 Å². The number of esters is 1. The first kappa shape index (κ1) is 49.1. The van der Waals surface area contributed by atoms with Gasteiger partial charge < -0.3 is 39.2 Å². The van der Waals surface area contributed by atoms with Crippen LogP contribution in [0, 0.1) is 21.7 Å². The van der Waals surface area contributed by atoms with Crippen molar-refractivity contribution in [2.45, 2.75) is 128 Å². The van der Waals surface area contributed by atoms with E-state index in [1.54, 1.807) is 88.4 Å². The van der Waals surface area contributed by atoms with E-state index in [-0.39, 0.29) is 35.4 Å². The first-order chi connectivity index (χ1) is 29.1. The Morgan fingerprint density at radius 1 is 1.05 bits per heavy atom. The van der Waals surface area contributed by atoms with E-state index >= 15 is 4.79 Å². The lowest BCUT2D eigenvalue weighted by atomic mass is 9.51. The van der Waals surface area contributed by atoms with Gasteiger partial charge in [-0.05, 0) is 88.6 Å². The third kappa shape index (κ3) is 10.0. The van der Waals surface area contributed by atoms with Gasteiger partial charge in [0.1, 0.15) is 23.9 Å². The Morgan fingerprint density at radius 2 is 1.68 bits per heavy atom. The van der Waals surface area contributed by atoms with E-state index in [0.29, 0.717) is 35.8 Å². The van der Waals surface area contributed by atoms with E-state index in [1.165, 1.54) is 13.8 Å². The summed E-state index contributed by atoms with van der Waals surface area (Å²) >= 11 is 2.04. The van der Waals surface area contributed by atoms with E-state index in [1.807, 2.05) is 36.4 Å². The van der Waals surface area contributed by atoms with Gasteiger partial charge in [-0.2, -0.15) is 0 Å². The molecular formula is C46H59IN2O13. The van der Waals surface area contributed by atoms with Gasteiger partial charge in [-0.15, -0.1) is 4.91 Å². The Bertz CT molecular complexity index is 2010. The highest BCUT2D eigenvalue weighted by Gasteiger charge is 2.71. The molecule has 0 aromatic heterocycles. The van der Waals surface area contributed by atoms with E-state index in [0.717, 1.165) is 0 Å². The Labute approximate surface area is 376 Å². The smallest absolute Gasteiger partial charge is 0.408 e. The number of alkyl halides is 1. The van der Waals surface area contributed by atoms with Gasteiger partial charge >= 0.3 is 12.1 Å². The first-order valence-electron chi connectivity index (χ1n) is 20.8. The number of benzene rings is 2. The van der Waals surface area contributed by atoms with Crippen LogP contribution in [0.15, 0.2) is 77.0 Å². The molecule has 1 aliphatic heterocycles. The van der Waals surface area contributed by atoms with Crippen LogP contribution in [0.3, 0.4) is 0 Å². The predicted molar refractivity (Wildman–Crippen MR) is 235 cm³/mol. The third-order valence-electron chi connectivity index (χ3n) is 12.5. The van der Waals surface area contributed by atoms with Crippen molar-refractivity contribution >= 4 is 52.5 Å². The summed E-state index contributed by atoms with van der Waals surface area (Å²) in [6.45, 7) is 12.3. The molecule has 338 valence electrons. The molecule has 1 saturated carbocycles. The summed E-state index contributed by atoms with van der Waals surface area (Å²) in [6.07, 6.45) is -4.00. The molecule has 2 fully saturated rings. The number of fused-ring (bicyclic) bond motifs is 1. The lowest BCUT2D eigenvalue weighted by molar-refractivity contribution is -0.337. The highest BCUT2D eigenvalue weighted by Crippen LogP contribution is 2.58. The van der Waals surface area contributed by atoms with Crippen LogP contribution in [0.2, 0.25) is 0 Å². The zero-order valence-electron chi connectivity index (χ0n) is 36.6. The molecule has 62 heavy (non-hydrogen) atoms. The van der Waals surface area contributed by atoms with Crippen molar-refractivity contribution in [1.29, 1.82) is 0 Å². The number of amides is 1. The molecule has 3 aliphatic rings. The molecular weight excluding hydrogens is 915 g/mol. The minimum absolute atomic E-state index is 0.0735. The van der Waals surface area contributed by atoms with E-state index in [2.05, 4.69) is 10.5 Å². The molecule has 0 radical (unpaired) electrons. The zero-order valence-corrected chi connectivity index (χ0v) is 38.7. The average Bonchev–Trinajstić information content (AvgIpc) is 3.22. The molecule has 0 bridgehead atoms. The molecule has 3 N–H and O–H groups in total. The van der Waals surface area contributed by atoms with Crippen molar-refractivity contribution in [2.24, 2.45) is 21.9 Å². The molecule has 2 aromatic rings. The lowest BCUT2D eigenvalue weighted by Crippen LogP contribution is -2.77. The fourth-order valence-corrected chi connectivity index (χ4v) is 10.1. The first-order valence-corrected chi connectivity index (χ1v) is 22.3. The van der Waals surface area contributed by atoms with Gasteiger partial charge in [-0.3, -0.25) is 14.4 Å². The average molecular weight is 975 g/mol. The Morgan fingerprint density at radius 3 is 2.21 bits per heavy atom. The Balaban J connectivity index is 1.54. The molecule has 1 unspecified atom stereocenters. The number of aliphatic hydroxyl groups excluding tert-OH is 1. The molecule has 0 spiro atoms. The van der Waals surface area contributed by atoms with Crippen LogP contribution < -0.4 is 5.32 Å². The number of halogens is 1. The number of hydrogen-bond acceptors (Lipinski definition) is 14. The van der Waals surface area contributed by atoms with Crippen LogP contribution in [0.1, 0.15) is 96.6 Å². The third-order valence-corrected chi connectivity index (χ3v) is 13.4. The minimum atomic E-state index is -2.31. The molecule has 16 heteroatoms. The number of hydrogen-bond donors (Lipinski definition) is 3. The molecule has 2 aliphatic carbocycles. The number of nitrogens with zero attached hydrogens (tertiary/aromatic N) is 1. The summed E-state index contributed by atoms with van der Waals surface area (Å²) in [5, 5.41) is 30.1. The van der Waals surface area contributed by atoms with Gasteiger partial charge in [0.15, 0.2) is 29.5 Å². The summed E-state index contributed by atoms with van der Waals surface area (Å²) in [7, 11) is 0. The predicted octanol–water partition coefficient (Wildman–Crippen LogP) is 6.20. The van der Waals surface area contributed by atoms with Gasteiger partial charge in [0, 0.05) is 16.8 Å². The van der Waals surface area contributed by atoms with E-state index in [9.17, 15) is 34.3 Å². The summed E-state index contributed by atoms with van der Waals surface area (Å²) in [5.74, 6) is -2.84. The number of ketones is 2. The molecule has 10 atom stereocenters. The Kier molecular flexibility index (Phi) is 15.4. The van der Waals surface area contributed by atoms with Crippen molar-refractivity contribution in [3.8, 4) is 0 Å². The highest BCUT2D eigenvalue weighted by molar-refractivity contribution is 14.1. The molecule has 5 rings (SSSR count). The van der Waals surface area contributed by atoms with Crippen molar-refractivity contribution < 1.29 is 57.9 Å². The lowest BCUT2D eigenvalue weighted by Gasteiger charge is -2.63. The topological polar surface area (TPSA) is 213 Å². The monoisotopic (exact) mass is 974 g/mol. The molecule has 1 saturated heterocycles. The van der Waals surface area contributed by atoms with Gasteiger partial charge in [-0.25, -0.2) is 9.59 Å². The standard InChI is InChI=1S/C46H59IN2O13/c1-27(51)23-60-46-26-59-34(46)21-33(52)44(8,37(46)32(22-47)61-40(54)30-17-13-10-14-18-30)39(53)36(49-57)35-28(2)31(19-20-43(35,6)7)58-25-45(56,24-50)38(29-15-11-9-12-16-29)48-41(55)62-42(3,4)5/h9-18,24,31-34,36-38,52,56H,19-23,25-26H2,1-8H3,(H,48,55)/t31-,32+,33-,34+,36+,37-,38?,44+,45-,46-/m0/s1. The summed E-state index contributed by atoms with van der Waals surface area (Å²) in [5.41, 5.74) is -5.76. The fraction of sp³-hybridized carbons (Fsp3) is 0.587. The normalized spacial score (nSPS) is 28.1. The number of alkyl carbamates (subject to hydrolysis) is 1. The SMILES string of the molecule is CC(=O)CO[C@@]12CO[C@@H]1C[C@H](O)[C@@](C)(C(=O)[C@H](N=O)C1=C(C)[C@@H](OC[C@@](O)(C=O)C(NC(=O)OC(C)(C)C)c3ccccc3)CCC1(C)C)[C@@H]2[C@@H](CI)OC(=O)c1ccccc1. The number of carbonyl (C=O) groups excluding carboxylic acids is 5. The molecule has 1 amide bonds. The second-order valence-corrected chi connectivity index (χ2v) is 19.4. The van der Waals surface area contributed by atoms with Crippen molar-refractivity contribution in [3.63, 3.8) is 0 Å². The second kappa shape index (κ2) is 19.4. The number of ether oxygens (including phenoxy) is 5. The van der Waals surface area contributed by atoms with Crippen LogP contribution in [-0.2, 0) is 38.1 Å². The van der Waals surface area contributed by atoms with Crippen molar-refractivity contribution in [3.05, 3.63) is 87.8 Å². The minimum Gasteiger partial charge on any atom is -0.458 e. The summed E-state index contributed by atoms with van der Waals surface area (Å²) in [6, 6.07) is 13.7. The molecule has 1 heterocycles. The van der Waals surface area contributed by atoms with Crippen molar-refractivity contribution in [1.82, 2.24) is 5.32 Å². The Hall–Kier alpha value is -3.94. The van der Waals surface area contributed by atoms with Crippen molar-refractivity contribution in [2.75, 3.05) is 24.2 Å².